The minimum Gasteiger partial charge on any atom is -0.340 e. The standard InChI is InChI=1S/C16H14N2/c1-12-6-8-15(9-7-12)18-16-10-13-4-2-3-5-14(13)11-17-16/h2-11H,1H3,(H,17,18). The first-order valence-electron chi connectivity index (χ1n) is 6.00. The fraction of sp³-hybridized carbons (Fsp3) is 0.0625. The molecule has 0 amide bonds. The Morgan fingerprint density at radius 3 is 2.39 bits per heavy atom. The third-order valence-electron chi connectivity index (χ3n) is 2.95. The first-order chi connectivity index (χ1) is 8.81. The maximum absolute atomic E-state index is 4.41. The van der Waals surface area contributed by atoms with E-state index in [1.165, 1.54) is 10.9 Å². The zero-order valence-electron chi connectivity index (χ0n) is 10.2. The highest BCUT2D eigenvalue weighted by atomic mass is 15.0. The highest BCUT2D eigenvalue weighted by molar-refractivity contribution is 5.84. The molecule has 1 N–H and O–H groups in total. The van der Waals surface area contributed by atoms with Crippen molar-refractivity contribution in [3.05, 3.63) is 66.4 Å². The van der Waals surface area contributed by atoms with Crippen LogP contribution in [0.5, 0.6) is 0 Å². The summed E-state index contributed by atoms with van der Waals surface area (Å²) < 4.78 is 0. The molecule has 0 bridgehead atoms. The number of nitrogens with zero attached hydrogens (tertiary/aromatic N) is 1. The van der Waals surface area contributed by atoms with Crippen LogP contribution in [0.4, 0.5) is 11.5 Å². The highest BCUT2D eigenvalue weighted by Crippen LogP contribution is 2.19. The maximum Gasteiger partial charge on any atom is 0.130 e. The van der Waals surface area contributed by atoms with Gasteiger partial charge < -0.3 is 5.32 Å². The third kappa shape index (κ3) is 2.18. The molecular weight excluding hydrogens is 220 g/mol. The summed E-state index contributed by atoms with van der Waals surface area (Å²) in [6.07, 6.45) is 1.89. The smallest absolute Gasteiger partial charge is 0.130 e. The second-order valence-electron chi connectivity index (χ2n) is 4.41. The van der Waals surface area contributed by atoms with Crippen LogP contribution in [0.2, 0.25) is 0 Å². The molecule has 1 heterocycles. The van der Waals surface area contributed by atoms with Crippen LogP contribution in [0.1, 0.15) is 5.56 Å². The van der Waals surface area contributed by atoms with E-state index in [0.29, 0.717) is 0 Å². The summed E-state index contributed by atoms with van der Waals surface area (Å²) >= 11 is 0. The number of rotatable bonds is 2. The van der Waals surface area contributed by atoms with Gasteiger partial charge in [0, 0.05) is 17.3 Å². The van der Waals surface area contributed by atoms with Gasteiger partial charge in [-0.25, -0.2) is 4.98 Å². The summed E-state index contributed by atoms with van der Waals surface area (Å²) in [5.74, 6) is 0.873. The van der Waals surface area contributed by atoms with Crippen LogP contribution in [0.3, 0.4) is 0 Å². The predicted octanol–water partition coefficient (Wildman–Crippen LogP) is 4.29. The van der Waals surface area contributed by atoms with Gasteiger partial charge in [-0.3, -0.25) is 0 Å². The van der Waals surface area contributed by atoms with Gasteiger partial charge in [-0.15, -0.1) is 0 Å². The van der Waals surface area contributed by atoms with Gasteiger partial charge in [0.25, 0.3) is 0 Å². The zero-order valence-corrected chi connectivity index (χ0v) is 10.2. The lowest BCUT2D eigenvalue weighted by Crippen LogP contribution is -1.93. The minimum atomic E-state index is 0.873. The number of pyridine rings is 1. The van der Waals surface area contributed by atoms with Gasteiger partial charge in [-0.1, -0.05) is 42.0 Å². The van der Waals surface area contributed by atoms with E-state index >= 15 is 0 Å². The fourth-order valence-corrected chi connectivity index (χ4v) is 1.94. The molecule has 0 fully saturated rings. The topological polar surface area (TPSA) is 24.9 Å². The van der Waals surface area contributed by atoms with Crippen molar-refractivity contribution in [1.29, 1.82) is 0 Å². The molecule has 2 heteroatoms. The summed E-state index contributed by atoms with van der Waals surface area (Å²) in [5.41, 5.74) is 2.32. The highest BCUT2D eigenvalue weighted by Gasteiger charge is 1.98. The Hall–Kier alpha value is -2.35. The molecule has 1 aromatic heterocycles. The largest absolute Gasteiger partial charge is 0.340 e. The van der Waals surface area contributed by atoms with E-state index in [9.17, 15) is 0 Å². The number of hydrogen-bond acceptors (Lipinski definition) is 2. The molecule has 88 valence electrons. The number of benzene rings is 2. The van der Waals surface area contributed by atoms with E-state index in [2.05, 4.69) is 59.7 Å². The predicted molar refractivity (Wildman–Crippen MR) is 76.2 cm³/mol. The normalized spacial score (nSPS) is 10.5. The molecule has 0 saturated heterocycles. The van der Waals surface area contributed by atoms with Crippen molar-refractivity contribution in [3.63, 3.8) is 0 Å². The van der Waals surface area contributed by atoms with Gasteiger partial charge in [0.1, 0.15) is 5.82 Å². The van der Waals surface area contributed by atoms with E-state index in [0.717, 1.165) is 16.9 Å². The summed E-state index contributed by atoms with van der Waals surface area (Å²) in [4.78, 5) is 4.41. The number of fused-ring (bicyclic) bond motifs is 1. The van der Waals surface area contributed by atoms with Crippen LogP contribution >= 0.6 is 0 Å². The van der Waals surface area contributed by atoms with E-state index in [1.807, 2.05) is 18.3 Å². The molecule has 0 aliphatic carbocycles. The second-order valence-corrected chi connectivity index (χ2v) is 4.41. The van der Waals surface area contributed by atoms with Crippen molar-refractivity contribution < 1.29 is 0 Å². The lowest BCUT2D eigenvalue weighted by molar-refractivity contribution is 1.33. The number of aryl methyl sites for hydroxylation is 1. The second kappa shape index (κ2) is 4.49. The Kier molecular flexibility index (Phi) is 2.69. The first kappa shape index (κ1) is 10.8. The van der Waals surface area contributed by atoms with Gasteiger partial charge in [0.2, 0.25) is 0 Å². The van der Waals surface area contributed by atoms with Gasteiger partial charge >= 0.3 is 0 Å². The van der Waals surface area contributed by atoms with Crippen LogP contribution in [-0.2, 0) is 0 Å². The third-order valence-corrected chi connectivity index (χ3v) is 2.95. The Morgan fingerprint density at radius 2 is 1.61 bits per heavy atom. The fourth-order valence-electron chi connectivity index (χ4n) is 1.94. The van der Waals surface area contributed by atoms with Crippen molar-refractivity contribution in [2.24, 2.45) is 0 Å². The molecule has 0 atom stereocenters. The average Bonchev–Trinajstić information content (AvgIpc) is 2.41. The SMILES string of the molecule is Cc1ccc(Nc2cc3ccccc3cn2)cc1. The molecule has 18 heavy (non-hydrogen) atoms. The number of nitrogens with one attached hydrogen (secondary N) is 1. The van der Waals surface area contributed by atoms with Crippen molar-refractivity contribution in [3.8, 4) is 0 Å². The number of anilines is 2. The molecular formula is C16H14N2. The lowest BCUT2D eigenvalue weighted by Gasteiger charge is -2.06. The molecule has 3 rings (SSSR count). The van der Waals surface area contributed by atoms with Gasteiger partial charge in [0.05, 0.1) is 0 Å². The van der Waals surface area contributed by atoms with E-state index in [1.54, 1.807) is 0 Å². The number of aromatic nitrogens is 1. The summed E-state index contributed by atoms with van der Waals surface area (Å²) in [6, 6.07) is 18.6. The Morgan fingerprint density at radius 1 is 0.889 bits per heavy atom. The van der Waals surface area contributed by atoms with Crippen molar-refractivity contribution in [2.75, 3.05) is 5.32 Å². The molecule has 0 unspecified atom stereocenters. The van der Waals surface area contributed by atoms with E-state index in [-0.39, 0.29) is 0 Å². The van der Waals surface area contributed by atoms with E-state index in [4.69, 9.17) is 0 Å². The lowest BCUT2D eigenvalue weighted by atomic mass is 10.2. The van der Waals surface area contributed by atoms with E-state index < -0.39 is 0 Å². The van der Waals surface area contributed by atoms with Gasteiger partial charge in [0.15, 0.2) is 0 Å². The summed E-state index contributed by atoms with van der Waals surface area (Å²) in [6.45, 7) is 2.08. The molecule has 0 aliphatic heterocycles. The van der Waals surface area contributed by atoms with Crippen LogP contribution in [0.25, 0.3) is 10.8 Å². The molecule has 0 aliphatic rings. The van der Waals surface area contributed by atoms with Crippen LogP contribution in [0, 0.1) is 6.92 Å². The summed E-state index contributed by atoms with van der Waals surface area (Å²) in [7, 11) is 0. The van der Waals surface area contributed by atoms with Crippen LogP contribution in [0.15, 0.2) is 60.8 Å². The molecule has 2 aromatic carbocycles. The molecule has 0 spiro atoms. The van der Waals surface area contributed by atoms with Gasteiger partial charge in [-0.05, 0) is 30.5 Å². The minimum absolute atomic E-state index is 0.873. The van der Waals surface area contributed by atoms with Crippen molar-refractivity contribution in [1.82, 2.24) is 4.98 Å². The van der Waals surface area contributed by atoms with Crippen molar-refractivity contribution in [2.45, 2.75) is 6.92 Å². The Balaban J connectivity index is 1.92. The monoisotopic (exact) mass is 234 g/mol. The molecule has 0 saturated carbocycles. The van der Waals surface area contributed by atoms with Crippen LogP contribution in [-0.4, -0.2) is 4.98 Å². The Labute approximate surface area is 106 Å². The molecule has 3 aromatic rings. The zero-order chi connectivity index (χ0) is 12.4. The maximum atomic E-state index is 4.41. The first-order valence-corrected chi connectivity index (χ1v) is 6.00. The van der Waals surface area contributed by atoms with Gasteiger partial charge in [-0.2, -0.15) is 0 Å². The average molecular weight is 234 g/mol. The summed E-state index contributed by atoms with van der Waals surface area (Å²) in [5, 5.41) is 5.67. The van der Waals surface area contributed by atoms with Crippen molar-refractivity contribution >= 4 is 22.3 Å². The number of hydrogen-bond donors (Lipinski definition) is 1. The molecule has 0 radical (unpaired) electrons. The van der Waals surface area contributed by atoms with Crippen LogP contribution < -0.4 is 5.32 Å². The molecule has 2 nitrogen and oxygen atoms in total. The Bertz CT molecular complexity index is 672. The quantitative estimate of drug-likeness (QED) is 0.715.